The number of ether oxygens (including phenoxy) is 5. The first-order valence-electron chi connectivity index (χ1n) is 12.2. The minimum atomic E-state index is -1.76. The first-order valence-corrected chi connectivity index (χ1v) is 12.2. The number of aromatic nitrogens is 1. The number of pyridine rings is 1. The summed E-state index contributed by atoms with van der Waals surface area (Å²) >= 11 is 0. The summed E-state index contributed by atoms with van der Waals surface area (Å²) < 4.78 is 25.8. The van der Waals surface area contributed by atoms with Crippen LogP contribution in [-0.4, -0.2) is 85.0 Å². The van der Waals surface area contributed by atoms with Gasteiger partial charge in [0.2, 0.25) is 5.56 Å². The molecule has 2 heterocycles. The van der Waals surface area contributed by atoms with Crippen LogP contribution in [0, 0.1) is 11.8 Å². The fraction of sp³-hybridized carbons (Fsp3) is 0.615. The number of H-pyrrole nitrogens is 1. The molecule has 0 saturated carbocycles. The largest absolute Gasteiger partial charge is 0.467 e. The van der Waals surface area contributed by atoms with Crippen molar-refractivity contribution in [3.63, 3.8) is 0 Å². The van der Waals surface area contributed by atoms with Crippen LogP contribution in [0.25, 0.3) is 0 Å². The maximum Gasteiger partial charge on any atom is 0.410 e. The Morgan fingerprint density at radius 2 is 1.41 bits per heavy atom. The number of likely N-dealkylation sites (tertiary alicyclic amines) is 1. The molecule has 0 aromatic carbocycles. The van der Waals surface area contributed by atoms with Gasteiger partial charge in [0.15, 0.2) is 5.92 Å². The Bertz CT molecular complexity index is 1150. The number of nitrogens with one attached hydrogen (secondary N) is 1. The van der Waals surface area contributed by atoms with Gasteiger partial charge in [0.25, 0.3) is 0 Å². The van der Waals surface area contributed by atoms with Crippen LogP contribution in [0.15, 0.2) is 16.9 Å². The standard InChI is InChI=1S/C26H36N2O11/c1-25(2,3)38-20(30)17(21(31)39-26(4,5)6)16-14(12-28(24(34)37-9)19(16)23(33)36-8)13-10-11-15(29)27-18(13)22(32)35-7/h10-11,14,16-17,19H,12H2,1-9H3,(H,27,29)/t14-,16-,19+/m1/s1. The molecule has 1 amide bonds. The molecule has 1 aliphatic rings. The lowest BCUT2D eigenvalue weighted by molar-refractivity contribution is -0.178. The van der Waals surface area contributed by atoms with Gasteiger partial charge in [-0.3, -0.25) is 19.3 Å². The number of aromatic amines is 1. The Morgan fingerprint density at radius 1 is 0.872 bits per heavy atom. The SMILES string of the molecule is COC(=O)c1[nH]c(=O)ccc1[C@H]1CN(C(=O)OC)[C@H](C(=O)OC)[C@H]1C(C(=O)OC(C)(C)C)C(=O)OC(C)(C)C. The number of methoxy groups -OCH3 is 3. The van der Waals surface area contributed by atoms with Crippen molar-refractivity contribution in [2.45, 2.75) is 64.7 Å². The summed E-state index contributed by atoms with van der Waals surface area (Å²) in [5.41, 5.74) is -2.86. The number of amides is 1. The molecule has 2 rings (SSSR count). The molecule has 0 radical (unpaired) electrons. The van der Waals surface area contributed by atoms with E-state index in [1.165, 1.54) is 6.07 Å². The summed E-state index contributed by atoms with van der Waals surface area (Å²) in [6, 6.07) is 0.900. The fourth-order valence-electron chi connectivity index (χ4n) is 4.51. The van der Waals surface area contributed by atoms with Crippen molar-refractivity contribution in [3.05, 3.63) is 33.7 Å². The van der Waals surface area contributed by atoms with E-state index in [9.17, 15) is 28.8 Å². The van der Waals surface area contributed by atoms with Crippen LogP contribution < -0.4 is 5.56 Å². The van der Waals surface area contributed by atoms with E-state index in [2.05, 4.69) is 4.98 Å². The van der Waals surface area contributed by atoms with Gasteiger partial charge in [0, 0.05) is 24.4 Å². The van der Waals surface area contributed by atoms with E-state index in [-0.39, 0.29) is 17.8 Å². The highest BCUT2D eigenvalue weighted by atomic mass is 16.6. The van der Waals surface area contributed by atoms with Crippen molar-refractivity contribution in [1.29, 1.82) is 0 Å². The molecule has 1 N–H and O–H groups in total. The molecule has 39 heavy (non-hydrogen) atoms. The predicted molar refractivity (Wildman–Crippen MR) is 135 cm³/mol. The average molecular weight is 553 g/mol. The number of carbonyl (C=O) groups is 5. The minimum Gasteiger partial charge on any atom is -0.467 e. The van der Waals surface area contributed by atoms with E-state index >= 15 is 0 Å². The number of rotatable bonds is 6. The third kappa shape index (κ3) is 7.36. The lowest BCUT2D eigenvalue weighted by Crippen LogP contribution is -2.50. The Labute approximate surface area is 226 Å². The van der Waals surface area contributed by atoms with E-state index < -0.39 is 70.5 Å². The van der Waals surface area contributed by atoms with Crippen LogP contribution in [0.5, 0.6) is 0 Å². The zero-order chi connectivity index (χ0) is 29.9. The minimum absolute atomic E-state index is 0.115. The first-order chi connectivity index (χ1) is 17.9. The zero-order valence-electron chi connectivity index (χ0n) is 23.6. The number of esters is 4. The van der Waals surface area contributed by atoms with Gasteiger partial charge in [0.05, 0.1) is 21.3 Å². The molecule has 216 valence electrons. The summed E-state index contributed by atoms with van der Waals surface area (Å²) in [6.45, 7) is 9.28. The quantitative estimate of drug-likeness (QED) is 0.310. The summed E-state index contributed by atoms with van der Waals surface area (Å²) in [7, 11) is 3.28. The summed E-state index contributed by atoms with van der Waals surface area (Å²) in [5.74, 6) is -8.09. The molecular weight excluding hydrogens is 516 g/mol. The number of nitrogens with zero attached hydrogens (tertiary/aromatic N) is 1. The van der Waals surface area contributed by atoms with Gasteiger partial charge in [-0.2, -0.15) is 0 Å². The van der Waals surface area contributed by atoms with Crippen molar-refractivity contribution in [1.82, 2.24) is 9.88 Å². The molecule has 0 bridgehead atoms. The Morgan fingerprint density at radius 3 is 1.85 bits per heavy atom. The molecule has 3 atom stereocenters. The number of carbonyl (C=O) groups excluding carboxylic acids is 5. The topological polar surface area (TPSA) is 168 Å². The summed E-state index contributed by atoms with van der Waals surface area (Å²) in [6.07, 6.45) is -0.950. The second kappa shape index (κ2) is 11.9. The van der Waals surface area contributed by atoms with Crippen LogP contribution >= 0.6 is 0 Å². The van der Waals surface area contributed by atoms with Crippen LogP contribution in [0.1, 0.15) is 63.5 Å². The smallest absolute Gasteiger partial charge is 0.410 e. The molecule has 0 aliphatic carbocycles. The molecule has 1 saturated heterocycles. The van der Waals surface area contributed by atoms with Gasteiger partial charge < -0.3 is 28.7 Å². The third-order valence-corrected chi connectivity index (χ3v) is 5.86. The van der Waals surface area contributed by atoms with Gasteiger partial charge >= 0.3 is 30.0 Å². The van der Waals surface area contributed by atoms with Crippen molar-refractivity contribution >= 4 is 30.0 Å². The maximum absolute atomic E-state index is 13.6. The van der Waals surface area contributed by atoms with Gasteiger partial charge in [-0.1, -0.05) is 6.07 Å². The molecule has 1 aliphatic heterocycles. The summed E-state index contributed by atoms with van der Waals surface area (Å²) in [4.78, 5) is 81.4. The molecule has 0 unspecified atom stereocenters. The Hall–Kier alpha value is -3.90. The molecule has 1 aromatic rings. The van der Waals surface area contributed by atoms with Crippen LogP contribution in [0.3, 0.4) is 0 Å². The highest BCUT2D eigenvalue weighted by Crippen LogP contribution is 2.45. The maximum atomic E-state index is 13.6. The lowest BCUT2D eigenvalue weighted by Gasteiger charge is -2.33. The Kier molecular flexibility index (Phi) is 9.53. The number of hydrogen-bond donors (Lipinski definition) is 1. The molecule has 1 fully saturated rings. The lowest BCUT2D eigenvalue weighted by atomic mass is 9.75. The molecular formula is C26H36N2O11. The van der Waals surface area contributed by atoms with Crippen molar-refractivity contribution < 1.29 is 47.7 Å². The van der Waals surface area contributed by atoms with E-state index in [1.54, 1.807) is 41.5 Å². The van der Waals surface area contributed by atoms with Crippen molar-refractivity contribution in [2.24, 2.45) is 11.8 Å². The second-order valence-corrected chi connectivity index (χ2v) is 11.0. The monoisotopic (exact) mass is 552 g/mol. The first kappa shape index (κ1) is 31.3. The fourth-order valence-corrected chi connectivity index (χ4v) is 4.51. The average Bonchev–Trinajstić information content (AvgIpc) is 3.20. The molecule has 13 heteroatoms. The van der Waals surface area contributed by atoms with Crippen LogP contribution in [-0.2, 0) is 38.1 Å². The molecule has 0 spiro atoms. The normalized spacial score (nSPS) is 19.3. The third-order valence-electron chi connectivity index (χ3n) is 5.86. The van der Waals surface area contributed by atoms with E-state index in [4.69, 9.17) is 23.7 Å². The highest BCUT2D eigenvalue weighted by molar-refractivity contribution is 5.98. The molecule has 1 aromatic heterocycles. The zero-order valence-corrected chi connectivity index (χ0v) is 23.6. The number of hydrogen-bond acceptors (Lipinski definition) is 11. The van der Waals surface area contributed by atoms with E-state index in [1.807, 2.05) is 0 Å². The van der Waals surface area contributed by atoms with E-state index in [0.717, 1.165) is 32.3 Å². The van der Waals surface area contributed by atoms with Crippen LogP contribution in [0.2, 0.25) is 0 Å². The predicted octanol–water partition coefficient (Wildman–Crippen LogP) is 1.78. The molecule has 13 nitrogen and oxygen atoms in total. The van der Waals surface area contributed by atoms with Gasteiger partial charge in [-0.05, 0) is 47.1 Å². The van der Waals surface area contributed by atoms with Crippen molar-refractivity contribution in [2.75, 3.05) is 27.9 Å². The van der Waals surface area contributed by atoms with Crippen LogP contribution in [0.4, 0.5) is 4.79 Å². The highest BCUT2D eigenvalue weighted by Gasteiger charge is 2.58. The van der Waals surface area contributed by atoms with Gasteiger partial charge in [0.1, 0.15) is 22.9 Å². The summed E-state index contributed by atoms with van der Waals surface area (Å²) in [5, 5.41) is 0. The van der Waals surface area contributed by atoms with E-state index in [0.29, 0.717) is 0 Å². The van der Waals surface area contributed by atoms with Crippen molar-refractivity contribution in [3.8, 4) is 0 Å². The Balaban J connectivity index is 2.91. The van der Waals surface area contributed by atoms with Gasteiger partial charge in [-0.25, -0.2) is 14.4 Å². The second-order valence-electron chi connectivity index (χ2n) is 11.0. The van der Waals surface area contributed by atoms with Gasteiger partial charge in [-0.15, -0.1) is 0 Å².